The fourth-order valence-electron chi connectivity index (χ4n) is 4.49. The molecule has 1 saturated heterocycles. The maximum atomic E-state index is 12.9. The van der Waals surface area contributed by atoms with Gasteiger partial charge in [0.2, 0.25) is 0 Å². The molecule has 3 aliphatic rings. The van der Waals surface area contributed by atoms with E-state index in [9.17, 15) is 22.8 Å². The standard InChI is InChI=1S/C15H21F3N2O3/c16-15(17,18)11-7-20(6-10(11)12(21)22)13(23)19-8-14-3-1-9(5-14)2-4-14/h9-11H,1-8H2,(H,19,23)(H,21,22)/t9?,10-,11-,14?/m1/s1. The zero-order chi connectivity index (χ0) is 16.8. The van der Waals surface area contributed by atoms with Crippen molar-refractivity contribution >= 4 is 12.0 Å². The number of carbonyl (C=O) groups is 2. The molecule has 0 spiro atoms. The molecule has 0 aromatic heterocycles. The molecule has 3 fully saturated rings. The molecule has 130 valence electrons. The van der Waals surface area contributed by atoms with Gasteiger partial charge in [0.25, 0.3) is 0 Å². The largest absolute Gasteiger partial charge is 0.481 e. The van der Waals surface area contributed by atoms with E-state index in [0.29, 0.717) is 6.54 Å². The van der Waals surface area contributed by atoms with Crippen molar-refractivity contribution in [1.82, 2.24) is 10.2 Å². The quantitative estimate of drug-likeness (QED) is 0.833. The van der Waals surface area contributed by atoms with Gasteiger partial charge in [0.1, 0.15) is 0 Å². The molecule has 0 unspecified atom stereocenters. The van der Waals surface area contributed by atoms with Crippen LogP contribution in [0.4, 0.5) is 18.0 Å². The number of aliphatic carboxylic acids is 1. The van der Waals surface area contributed by atoms with Gasteiger partial charge < -0.3 is 15.3 Å². The fourth-order valence-corrected chi connectivity index (χ4v) is 4.49. The maximum absolute atomic E-state index is 12.9. The topological polar surface area (TPSA) is 69.6 Å². The second kappa shape index (κ2) is 5.56. The van der Waals surface area contributed by atoms with Crippen molar-refractivity contribution in [3.63, 3.8) is 0 Å². The molecule has 1 heterocycles. The first kappa shape index (κ1) is 16.4. The highest BCUT2D eigenvalue weighted by atomic mass is 19.4. The Morgan fingerprint density at radius 1 is 1.22 bits per heavy atom. The van der Waals surface area contributed by atoms with Crippen molar-refractivity contribution in [2.75, 3.05) is 19.6 Å². The number of amides is 2. The maximum Gasteiger partial charge on any atom is 0.394 e. The summed E-state index contributed by atoms with van der Waals surface area (Å²) < 4.78 is 38.8. The predicted octanol–water partition coefficient (Wildman–Crippen LogP) is 2.47. The Hall–Kier alpha value is -1.47. The van der Waals surface area contributed by atoms with Crippen LogP contribution in [0.1, 0.15) is 32.1 Å². The third-order valence-electron chi connectivity index (χ3n) is 5.85. The molecule has 2 amide bonds. The van der Waals surface area contributed by atoms with Gasteiger partial charge in [0.15, 0.2) is 0 Å². The van der Waals surface area contributed by atoms with E-state index >= 15 is 0 Å². The van der Waals surface area contributed by atoms with Crippen LogP contribution >= 0.6 is 0 Å². The lowest BCUT2D eigenvalue weighted by atomic mass is 9.84. The molecule has 3 rings (SSSR count). The van der Waals surface area contributed by atoms with Crippen molar-refractivity contribution in [2.24, 2.45) is 23.2 Å². The van der Waals surface area contributed by atoms with Crippen molar-refractivity contribution in [3.05, 3.63) is 0 Å². The van der Waals surface area contributed by atoms with Crippen molar-refractivity contribution in [1.29, 1.82) is 0 Å². The Morgan fingerprint density at radius 2 is 1.87 bits per heavy atom. The monoisotopic (exact) mass is 334 g/mol. The van der Waals surface area contributed by atoms with Crippen LogP contribution < -0.4 is 5.32 Å². The van der Waals surface area contributed by atoms with E-state index in [2.05, 4.69) is 5.32 Å². The van der Waals surface area contributed by atoms with Crippen LogP contribution in [0.5, 0.6) is 0 Å². The van der Waals surface area contributed by atoms with Gasteiger partial charge in [0.05, 0.1) is 11.8 Å². The number of fused-ring (bicyclic) bond motifs is 2. The number of nitrogens with zero attached hydrogens (tertiary/aromatic N) is 1. The fraction of sp³-hybridized carbons (Fsp3) is 0.867. The molecule has 23 heavy (non-hydrogen) atoms. The molecule has 0 radical (unpaired) electrons. The zero-order valence-electron chi connectivity index (χ0n) is 12.7. The lowest BCUT2D eigenvalue weighted by molar-refractivity contribution is -0.187. The van der Waals surface area contributed by atoms with Gasteiger partial charge in [-0.1, -0.05) is 0 Å². The van der Waals surface area contributed by atoms with E-state index in [1.807, 2.05) is 0 Å². The minimum atomic E-state index is -4.61. The van der Waals surface area contributed by atoms with Gasteiger partial charge in [-0.2, -0.15) is 13.2 Å². The van der Waals surface area contributed by atoms with E-state index in [1.165, 1.54) is 0 Å². The molecule has 8 heteroatoms. The number of halogens is 3. The summed E-state index contributed by atoms with van der Waals surface area (Å²) in [6, 6.07) is -0.576. The molecule has 1 aliphatic heterocycles. The number of urea groups is 1. The second-order valence-corrected chi connectivity index (χ2v) is 7.30. The average molecular weight is 334 g/mol. The number of rotatable bonds is 3. The summed E-state index contributed by atoms with van der Waals surface area (Å²) in [5.41, 5.74) is 0.107. The minimum absolute atomic E-state index is 0.107. The van der Waals surface area contributed by atoms with Gasteiger partial charge in [0, 0.05) is 19.6 Å². The minimum Gasteiger partial charge on any atom is -0.481 e. The number of nitrogens with one attached hydrogen (secondary N) is 1. The van der Waals surface area contributed by atoms with Crippen molar-refractivity contribution < 1.29 is 27.9 Å². The summed E-state index contributed by atoms with van der Waals surface area (Å²) in [5, 5.41) is 11.7. The van der Waals surface area contributed by atoms with Crippen LogP contribution in [0, 0.1) is 23.2 Å². The number of hydrogen-bond acceptors (Lipinski definition) is 2. The highest BCUT2D eigenvalue weighted by Crippen LogP contribution is 2.53. The van der Waals surface area contributed by atoms with Crippen LogP contribution in [0.2, 0.25) is 0 Å². The Kier molecular flexibility index (Phi) is 3.96. The van der Waals surface area contributed by atoms with Gasteiger partial charge in [-0.05, 0) is 43.4 Å². The van der Waals surface area contributed by atoms with Gasteiger partial charge in [-0.25, -0.2) is 4.79 Å². The zero-order valence-corrected chi connectivity index (χ0v) is 12.7. The van der Waals surface area contributed by atoms with Crippen LogP contribution in [-0.4, -0.2) is 47.8 Å². The molecule has 2 bridgehead atoms. The average Bonchev–Trinajstić information content (AvgIpc) is 3.17. The highest BCUT2D eigenvalue weighted by Gasteiger charge is 2.53. The van der Waals surface area contributed by atoms with Crippen molar-refractivity contribution in [3.8, 4) is 0 Å². The summed E-state index contributed by atoms with van der Waals surface area (Å²) >= 11 is 0. The van der Waals surface area contributed by atoms with Gasteiger partial charge in [-0.3, -0.25) is 4.79 Å². The second-order valence-electron chi connectivity index (χ2n) is 7.30. The lowest BCUT2D eigenvalue weighted by Gasteiger charge is -2.28. The Labute approximate surface area is 132 Å². The van der Waals surface area contributed by atoms with Gasteiger partial charge in [-0.15, -0.1) is 0 Å². The third kappa shape index (κ3) is 3.12. The Morgan fingerprint density at radius 3 is 2.30 bits per heavy atom. The Balaban J connectivity index is 1.58. The van der Waals surface area contributed by atoms with E-state index < -0.39 is 36.6 Å². The summed E-state index contributed by atoms with van der Waals surface area (Å²) in [7, 11) is 0. The summed E-state index contributed by atoms with van der Waals surface area (Å²) in [4.78, 5) is 24.2. The number of likely N-dealkylation sites (tertiary alicyclic amines) is 1. The van der Waals surface area contributed by atoms with Crippen LogP contribution in [0.25, 0.3) is 0 Å². The Bertz CT molecular complexity index is 501. The number of carboxylic acid groups (broad SMARTS) is 1. The van der Waals surface area contributed by atoms with Crippen LogP contribution in [0.15, 0.2) is 0 Å². The third-order valence-corrected chi connectivity index (χ3v) is 5.85. The summed E-state index contributed by atoms with van der Waals surface area (Å²) in [6.45, 7) is -0.490. The van der Waals surface area contributed by atoms with E-state index in [4.69, 9.17) is 5.11 Å². The van der Waals surface area contributed by atoms with Crippen LogP contribution in [-0.2, 0) is 4.79 Å². The predicted molar refractivity (Wildman–Crippen MR) is 74.7 cm³/mol. The molecule has 2 N–H and O–H groups in total. The lowest BCUT2D eigenvalue weighted by Crippen LogP contribution is -2.43. The first-order valence-electron chi connectivity index (χ1n) is 8.02. The molecule has 2 saturated carbocycles. The molecular weight excluding hydrogens is 313 g/mol. The molecule has 2 aliphatic carbocycles. The number of hydrogen-bond donors (Lipinski definition) is 2. The summed E-state index contributed by atoms with van der Waals surface area (Å²) in [5.74, 6) is -4.35. The smallest absolute Gasteiger partial charge is 0.394 e. The highest BCUT2D eigenvalue weighted by molar-refractivity contribution is 5.77. The molecule has 2 atom stereocenters. The van der Waals surface area contributed by atoms with Crippen molar-refractivity contribution in [2.45, 2.75) is 38.3 Å². The first-order chi connectivity index (χ1) is 10.7. The van der Waals surface area contributed by atoms with E-state index in [0.717, 1.165) is 42.9 Å². The van der Waals surface area contributed by atoms with Gasteiger partial charge >= 0.3 is 18.2 Å². The normalized spacial score (nSPS) is 36.5. The van der Waals surface area contributed by atoms with E-state index in [-0.39, 0.29) is 12.0 Å². The number of carbonyl (C=O) groups excluding carboxylic acids is 1. The number of alkyl halides is 3. The van der Waals surface area contributed by atoms with Crippen LogP contribution in [0.3, 0.4) is 0 Å². The molecular formula is C15H21F3N2O3. The molecule has 5 nitrogen and oxygen atoms in total. The number of carboxylic acids is 1. The first-order valence-corrected chi connectivity index (χ1v) is 8.02. The van der Waals surface area contributed by atoms with E-state index in [1.54, 1.807) is 0 Å². The molecule has 0 aromatic rings. The summed E-state index contributed by atoms with van der Waals surface area (Å²) in [6.07, 6.45) is 0.909. The SMILES string of the molecule is O=C(O)[C@@H]1CN(C(=O)NCC23CCC(CC2)C3)C[C@H]1C(F)(F)F. The molecule has 0 aromatic carbocycles.